The lowest BCUT2D eigenvalue weighted by Gasteiger charge is -2.38. The van der Waals surface area contributed by atoms with Crippen molar-refractivity contribution in [2.24, 2.45) is 0 Å². The van der Waals surface area contributed by atoms with Crippen LogP contribution in [-0.2, 0) is 16.0 Å². The fraction of sp³-hybridized carbons (Fsp3) is 0.357. The Bertz CT molecular complexity index is 570. The standard InChI is InChI=1S/C14H14N2O2S/c17-12-6-5-11(13(18)15-12)16-8-7-9-3-1-2-4-10(9)14(16)19/h1-4,11H,5-8H2,(H,15,17,18)/t11-/m0/s1. The minimum atomic E-state index is -0.307. The molecule has 1 aromatic rings. The molecule has 0 aliphatic carbocycles. The van der Waals surface area contributed by atoms with Gasteiger partial charge in [0.05, 0.1) is 0 Å². The first kappa shape index (κ1) is 12.3. The summed E-state index contributed by atoms with van der Waals surface area (Å²) in [7, 11) is 0. The number of nitrogens with zero attached hydrogens (tertiary/aromatic N) is 1. The molecule has 0 aromatic heterocycles. The van der Waals surface area contributed by atoms with E-state index in [2.05, 4.69) is 11.4 Å². The highest BCUT2D eigenvalue weighted by Crippen LogP contribution is 2.24. The first-order valence-electron chi connectivity index (χ1n) is 6.39. The van der Waals surface area contributed by atoms with Crippen LogP contribution in [0.15, 0.2) is 24.3 Å². The van der Waals surface area contributed by atoms with Gasteiger partial charge in [-0.3, -0.25) is 14.9 Å². The van der Waals surface area contributed by atoms with E-state index in [0.29, 0.717) is 12.8 Å². The van der Waals surface area contributed by atoms with E-state index >= 15 is 0 Å². The third-order valence-electron chi connectivity index (χ3n) is 3.72. The summed E-state index contributed by atoms with van der Waals surface area (Å²) < 4.78 is 0. The number of hydrogen-bond donors (Lipinski definition) is 1. The molecule has 0 spiro atoms. The Morgan fingerprint density at radius 1 is 1.21 bits per heavy atom. The van der Waals surface area contributed by atoms with Crippen LogP contribution in [0.4, 0.5) is 0 Å². The van der Waals surface area contributed by atoms with Crippen LogP contribution >= 0.6 is 12.2 Å². The maximum Gasteiger partial charge on any atom is 0.249 e. The Morgan fingerprint density at radius 3 is 2.79 bits per heavy atom. The van der Waals surface area contributed by atoms with Crippen molar-refractivity contribution in [2.75, 3.05) is 6.54 Å². The van der Waals surface area contributed by atoms with Crippen molar-refractivity contribution < 1.29 is 9.59 Å². The highest BCUT2D eigenvalue weighted by atomic mass is 32.1. The molecule has 1 saturated heterocycles. The van der Waals surface area contributed by atoms with Gasteiger partial charge >= 0.3 is 0 Å². The van der Waals surface area contributed by atoms with Crippen LogP contribution in [0.5, 0.6) is 0 Å². The predicted molar refractivity (Wildman–Crippen MR) is 74.7 cm³/mol. The Morgan fingerprint density at radius 2 is 2.00 bits per heavy atom. The third-order valence-corrected chi connectivity index (χ3v) is 4.17. The molecule has 19 heavy (non-hydrogen) atoms. The van der Waals surface area contributed by atoms with Gasteiger partial charge in [-0.25, -0.2) is 0 Å². The summed E-state index contributed by atoms with van der Waals surface area (Å²) in [6.07, 6.45) is 1.82. The molecule has 0 unspecified atom stereocenters. The van der Waals surface area contributed by atoms with Gasteiger partial charge in [0.15, 0.2) is 0 Å². The van der Waals surface area contributed by atoms with Crippen molar-refractivity contribution >= 4 is 29.0 Å². The fourth-order valence-electron chi connectivity index (χ4n) is 2.72. The number of piperidine rings is 1. The Labute approximate surface area is 116 Å². The number of fused-ring (bicyclic) bond motifs is 1. The minimum absolute atomic E-state index is 0.190. The number of amides is 2. The molecule has 2 aliphatic heterocycles. The van der Waals surface area contributed by atoms with Gasteiger partial charge in [-0.05, 0) is 18.4 Å². The van der Waals surface area contributed by atoms with Crippen molar-refractivity contribution in [1.29, 1.82) is 0 Å². The second-order valence-corrected chi connectivity index (χ2v) is 5.26. The molecule has 1 aromatic carbocycles. The summed E-state index contributed by atoms with van der Waals surface area (Å²) >= 11 is 5.51. The lowest BCUT2D eigenvalue weighted by Crippen LogP contribution is -2.55. The Hall–Kier alpha value is -1.75. The second kappa shape index (κ2) is 4.74. The molecule has 4 nitrogen and oxygen atoms in total. The van der Waals surface area contributed by atoms with Gasteiger partial charge in [0.1, 0.15) is 11.0 Å². The van der Waals surface area contributed by atoms with E-state index < -0.39 is 0 Å². The largest absolute Gasteiger partial charge is 0.350 e. The van der Waals surface area contributed by atoms with Crippen molar-refractivity contribution in [3.63, 3.8) is 0 Å². The van der Waals surface area contributed by atoms with E-state index in [9.17, 15) is 9.59 Å². The minimum Gasteiger partial charge on any atom is -0.350 e. The fourth-order valence-corrected chi connectivity index (χ4v) is 3.14. The quantitative estimate of drug-likeness (QED) is 0.614. The molecule has 2 aliphatic rings. The van der Waals surface area contributed by atoms with Gasteiger partial charge < -0.3 is 4.90 Å². The van der Waals surface area contributed by atoms with Gasteiger partial charge in [-0.15, -0.1) is 0 Å². The SMILES string of the molecule is O=C1CC[C@H](N2CCc3ccccc3C2=S)C(=O)N1. The van der Waals surface area contributed by atoms with E-state index in [1.54, 1.807) is 0 Å². The summed E-state index contributed by atoms with van der Waals surface area (Å²) in [5, 5.41) is 2.39. The number of thiocarbonyl (C=S) groups is 1. The van der Waals surface area contributed by atoms with E-state index in [0.717, 1.165) is 23.5 Å². The van der Waals surface area contributed by atoms with Gasteiger partial charge in [-0.1, -0.05) is 36.5 Å². The van der Waals surface area contributed by atoms with Crippen LogP contribution in [0.25, 0.3) is 0 Å². The zero-order chi connectivity index (χ0) is 13.4. The van der Waals surface area contributed by atoms with E-state index in [1.807, 2.05) is 23.1 Å². The van der Waals surface area contributed by atoms with E-state index in [-0.39, 0.29) is 17.9 Å². The molecule has 1 atom stereocenters. The summed E-state index contributed by atoms with van der Waals surface area (Å²) in [6.45, 7) is 0.738. The first-order valence-corrected chi connectivity index (χ1v) is 6.80. The van der Waals surface area contributed by atoms with E-state index in [1.165, 1.54) is 5.56 Å². The summed E-state index contributed by atoms with van der Waals surface area (Å²) in [5.74, 6) is -0.414. The first-order chi connectivity index (χ1) is 9.16. The molecule has 2 heterocycles. The average Bonchev–Trinajstić information content (AvgIpc) is 2.41. The molecule has 2 amide bonds. The maximum atomic E-state index is 11.9. The van der Waals surface area contributed by atoms with Gasteiger partial charge in [0.2, 0.25) is 11.8 Å². The number of carbonyl (C=O) groups is 2. The third kappa shape index (κ3) is 2.14. The molecule has 5 heteroatoms. The number of benzene rings is 1. The normalized spacial score (nSPS) is 23.1. The second-order valence-electron chi connectivity index (χ2n) is 4.87. The number of hydrogen-bond acceptors (Lipinski definition) is 3. The molecule has 0 radical (unpaired) electrons. The molecular formula is C14H14N2O2S. The number of carbonyl (C=O) groups excluding carboxylic acids is 2. The van der Waals surface area contributed by atoms with Gasteiger partial charge in [0, 0.05) is 18.5 Å². The van der Waals surface area contributed by atoms with Crippen LogP contribution < -0.4 is 5.32 Å². The lowest BCUT2D eigenvalue weighted by atomic mass is 9.96. The van der Waals surface area contributed by atoms with Crippen LogP contribution in [0.1, 0.15) is 24.0 Å². The molecular weight excluding hydrogens is 260 g/mol. The van der Waals surface area contributed by atoms with Crippen LogP contribution in [0, 0.1) is 0 Å². The van der Waals surface area contributed by atoms with Crippen LogP contribution in [-0.4, -0.2) is 34.3 Å². The maximum absolute atomic E-state index is 11.9. The zero-order valence-electron chi connectivity index (χ0n) is 10.4. The molecule has 3 rings (SSSR count). The van der Waals surface area contributed by atoms with Gasteiger partial charge in [-0.2, -0.15) is 0 Å². The van der Waals surface area contributed by atoms with Crippen molar-refractivity contribution in [1.82, 2.24) is 10.2 Å². The highest BCUT2D eigenvalue weighted by Gasteiger charge is 2.35. The predicted octanol–water partition coefficient (Wildman–Crippen LogP) is 1.03. The summed E-state index contributed by atoms with van der Waals surface area (Å²) in [5.41, 5.74) is 2.27. The Balaban J connectivity index is 1.86. The van der Waals surface area contributed by atoms with Crippen LogP contribution in [0.2, 0.25) is 0 Å². The molecule has 98 valence electrons. The monoisotopic (exact) mass is 274 g/mol. The molecule has 1 fully saturated rings. The van der Waals surface area contributed by atoms with Crippen molar-refractivity contribution in [3.8, 4) is 0 Å². The Kier molecular flexibility index (Phi) is 3.06. The summed E-state index contributed by atoms with van der Waals surface area (Å²) in [4.78, 5) is 25.8. The highest BCUT2D eigenvalue weighted by molar-refractivity contribution is 7.80. The lowest BCUT2D eigenvalue weighted by molar-refractivity contribution is -0.136. The smallest absolute Gasteiger partial charge is 0.249 e. The number of nitrogens with one attached hydrogen (secondary N) is 1. The molecule has 0 saturated carbocycles. The average molecular weight is 274 g/mol. The van der Waals surface area contributed by atoms with Gasteiger partial charge in [0.25, 0.3) is 0 Å². The number of imide groups is 1. The molecule has 1 N–H and O–H groups in total. The van der Waals surface area contributed by atoms with Crippen molar-refractivity contribution in [3.05, 3.63) is 35.4 Å². The number of rotatable bonds is 1. The van der Waals surface area contributed by atoms with E-state index in [4.69, 9.17) is 12.2 Å². The van der Waals surface area contributed by atoms with Crippen LogP contribution in [0.3, 0.4) is 0 Å². The zero-order valence-corrected chi connectivity index (χ0v) is 11.2. The summed E-state index contributed by atoms with van der Waals surface area (Å²) in [6, 6.07) is 7.72. The molecule has 0 bridgehead atoms. The van der Waals surface area contributed by atoms with Crippen molar-refractivity contribution in [2.45, 2.75) is 25.3 Å². The topological polar surface area (TPSA) is 49.4 Å².